The molecule has 0 bridgehead atoms. The summed E-state index contributed by atoms with van der Waals surface area (Å²) < 4.78 is 0. The Morgan fingerprint density at radius 1 is 1.12 bits per heavy atom. The lowest BCUT2D eigenvalue weighted by atomic mass is 10.1. The second-order valence-electron chi connectivity index (χ2n) is 6.78. The average molecular weight is 352 g/mol. The minimum atomic E-state index is -0.233. The molecule has 0 amide bonds. The Kier molecular flexibility index (Phi) is 4.97. The number of nitrogens with zero attached hydrogens (tertiary/aromatic N) is 3. The molecule has 1 aliphatic rings. The summed E-state index contributed by atoms with van der Waals surface area (Å²) >= 11 is 0. The molecule has 1 saturated heterocycles. The fourth-order valence-corrected chi connectivity index (χ4v) is 3.55. The molecule has 0 unspecified atom stereocenters. The monoisotopic (exact) mass is 352 g/mol. The first-order valence-electron chi connectivity index (χ1n) is 9.31. The van der Waals surface area contributed by atoms with Gasteiger partial charge in [-0.25, -0.2) is 0 Å². The van der Waals surface area contributed by atoms with E-state index >= 15 is 0 Å². The third-order valence-corrected chi connectivity index (χ3v) is 4.93. The summed E-state index contributed by atoms with van der Waals surface area (Å²) in [6.45, 7) is 4.26. The highest BCUT2D eigenvalue weighted by Gasteiger charge is 2.13. The van der Waals surface area contributed by atoms with E-state index in [1.54, 1.807) is 6.20 Å². The van der Waals surface area contributed by atoms with Crippen LogP contribution in [0, 0.1) is 0 Å². The van der Waals surface area contributed by atoms with E-state index in [9.17, 15) is 4.79 Å². The van der Waals surface area contributed by atoms with Crippen LogP contribution < -0.4 is 10.9 Å². The summed E-state index contributed by atoms with van der Waals surface area (Å²) in [6.07, 6.45) is 6.79. The lowest BCUT2D eigenvalue weighted by Crippen LogP contribution is -2.31. The summed E-state index contributed by atoms with van der Waals surface area (Å²) in [6, 6.07) is 7.84. The number of fused-ring (bicyclic) bond motifs is 1. The molecule has 0 spiro atoms. The number of likely N-dealkylation sites (tertiary alicyclic amines) is 1. The van der Waals surface area contributed by atoms with Crippen LogP contribution in [0.25, 0.3) is 22.2 Å². The van der Waals surface area contributed by atoms with Crippen molar-refractivity contribution in [1.82, 2.24) is 25.1 Å². The summed E-state index contributed by atoms with van der Waals surface area (Å²) in [5.74, 6) is 0.428. The molecule has 3 N–H and O–H groups in total. The van der Waals surface area contributed by atoms with E-state index < -0.39 is 0 Å². The first-order valence-corrected chi connectivity index (χ1v) is 9.31. The van der Waals surface area contributed by atoms with E-state index in [1.807, 2.05) is 24.3 Å². The topological polar surface area (TPSA) is 89.7 Å². The van der Waals surface area contributed by atoms with Gasteiger partial charge in [0.25, 0.3) is 5.56 Å². The molecule has 0 aliphatic carbocycles. The molecule has 1 aromatic carbocycles. The first-order chi connectivity index (χ1) is 12.8. The number of piperidine rings is 1. The van der Waals surface area contributed by atoms with Gasteiger partial charge in [-0.2, -0.15) is 0 Å². The van der Waals surface area contributed by atoms with Crippen molar-refractivity contribution in [3.8, 4) is 11.3 Å². The van der Waals surface area contributed by atoms with Crippen molar-refractivity contribution in [2.75, 3.05) is 31.5 Å². The van der Waals surface area contributed by atoms with E-state index in [4.69, 9.17) is 0 Å². The predicted octanol–water partition coefficient (Wildman–Crippen LogP) is 2.60. The Morgan fingerprint density at radius 3 is 2.81 bits per heavy atom. The van der Waals surface area contributed by atoms with Crippen molar-refractivity contribution >= 4 is 16.9 Å². The second kappa shape index (κ2) is 7.70. The highest BCUT2D eigenvalue weighted by molar-refractivity contribution is 5.94. The van der Waals surface area contributed by atoms with Crippen molar-refractivity contribution in [3.05, 3.63) is 40.8 Å². The molecule has 1 fully saturated rings. The normalized spacial score (nSPS) is 15.4. The van der Waals surface area contributed by atoms with Crippen LogP contribution in [0.4, 0.5) is 5.95 Å². The second-order valence-corrected chi connectivity index (χ2v) is 6.78. The van der Waals surface area contributed by atoms with E-state index in [1.165, 1.54) is 32.4 Å². The van der Waals surface area contributed by atoms with Crippen LogP contribution in [0.5, 0.6) is 0 Å². The molecule has 7 heteroatoms. The number of para-hydroxylation sites is 1. The van der Waals surface area contributed by atoms with Crippen molar-refractivity contribution < 1.29 is 0 Å². The summed E-state index contributed by atoms with van der Waals surface area (Å²) in [4.78, 5) is 20.9. The van der Waals surface area contributed by atoms with Crippen molar-refractivity contribution in [2.45, 2.75) is 25.7 Å². The quantitative estimate of drug-likeness (QED) is 0.593. The van der Waals surface area contributed by atoms with Gasteiger partial charge in [0.2, 0.25) is 5.95 Å². The predicted molar refractivity (Wildman–Crippen MR) is 103 cm³/mol. The number of aromatic amines is 2. The molecule has 26 heavy (non-hydrogen) atoms. The number of rotatable bonds is 6. The molecular weight excluding hydrogens is 328 g/mol. The molecule has 0 saturated carbocycles. The first kappa shape index (κ1) is 16.8. The van der Waals surface area contributed by atoms with Gasteiger partial charge in [-0.1, -0.05) is 24.6 Å². The molecule has 0 radical (unpaired) electrons. The maximum Gasteiger partial charge on any atom is 0.279 e. The number of nitrogens with one attached hydrogen (secondary N) is 3. The number of hydrogen-bond donors (Lipinski definition) is 3. The van der Waals surface area contributed by atoms with Gasteiger partial charge in [0.15, 0.2) is 5.69 Å². The zero-order valence-electron chi connectivity index (χ0n) is 14.8. The van der Waals surface area contributed by atoms with Crippen LogP contribution in [-0.4, -0.2) is 51.2 Å². The number of H-pyrrole nitrogens is 2. The van der Waals surface area contributed by atoms with E-state index in [0.717, 1.165) is 36.0 Å². The average Bonchev–Trinajstić information content (AvgIpc) is 3.10. The Morgan fingerprint density at radius 2 is 1.96 bits per heavy atom. The number of hydrogen-bond acceptors (Lipinski definition) is 5. The lowest BCUT2D eigenvalue weighted by molar-refractivity contribution is 0.228. The minimum absolute atomic E-state index is 0.233. The van der Waals surface area contributed by atoms with Gasteiger partial charge in [-0.3, -0.25) is 9.78 Å². The van der Waals surface area contributed by atoms with Crippen molar-refractivity contribution in [1.29, 1.82) is 0 Å². The highest BCUT2D eigenvalue weighted by Crippen LogP contribution is 2.24. The number of anilines is 1. The number of benzene rings is 1. The molecule has 7 nitrogen and oxygen atoms in total. The third-order valence-electron chi connectivity index (χ3n) is 4.93. The zero-order valence-corrected chi connectivity index (χ0v) is 14.8. The fraction of sp³-hybridized carbons (Fsp3) is 0.421. The largest absolute Gasteiger partial charge is 0.360 e. The Hall–Kier alpha value is -2.67. The minimum Gasteiger partial charge on any atom is -0.360 e. The summed E-state index contributed by atoms with van der Waals surface area (Å²) in [5, 5.41) is 12.4. The Labute approximate surface area is 151 Å². The smallest absolute Gasteiger partial charge is 0.279 e. The SMILES string of the molecule is O=c1[nH]c(NCCCN2CCCCC2)nnc1-c1c[nH]c2ccccc12. The molecule has 0 atom stereocenters. The van der Waals surface area contributed by atoms with Crippen LogP contribution in [-0.2, 0) is 0 Å². The molecule has 2 aromatic heterocycles. The van der Waals surface area contributed by atoms with Crippen LogP contribution in [0.2, 0.25) is 0 Å². The summed E-state index contributed by atoms with van der Waals surface area (Å²) in [5.41, 5.74) is 1.85. The van der Waals surface area contributed by atoms with Crippen LogP contribution in [0.1, 0.15) is 25.7 Å². The molecule has 136 valence electrons. The molecule has 3 aromatic rings. The van der Waals surface area contributed by atoms with Crippen molar-refractivity contribution in [3.63, 3.8) is 0 Å². The van der Waals surface area contributed by atoms with Gasteiger partial charge in [0, 0.05) is 29.2 Å². The highest BCUT2D eigenvalue weighted by atomic mass is 16.1. The molecule has 3 heterocycles. The lowest BCUT2D eigenvalue weighted by Gasteiger charge is -2.26. The Bertz CT molecular complexity index is 925. The zero-order chi connectivity index (χ0) is 17.8. The van der Waals surface area contributed by atoms with Gasteiger partial charge in [-0.15, -0.1) is 10.2 Å². The van der Waals surface area contributed by atoms with Gasteiger partial charge >= 0.3 is 0 Å². The number of aromatic nitrogens is 4. The summed E-state index contributed by atoms with van der Waals surface area (Å²) in [7, 11) is 0. The van der Waals surface area contributed by atoms with E-state index in [0.29, 0.717) is 11.6 Å². The standard InChI is InChI=1S/C19H24N6O/c26-18-17(15-13-21-16-8-3-2-7-14(15)16)23-24-19(22-18)20-9-6-12-25-10-4-1-5-11-25/h2-3,7-8,13,21H,1,4-6,9-12H2,(H2,20,22,24,26). The molecular formula is C19H24N6O. The Balaban J connectivity index is 1.39. The van der Waals surface area contributed by atoms with Gasteiger partial charge in [-0.05, 0) is 45.0 Å². The van der Waals surface area contributed by atoms with Gasteiger partial charge < -0.3 is 15.2 Å². The maximum absolute atomic E-state index is 12.4. The molecule has 4 rings (SSSR count). The van der Waals surface area contributed by atoms with Crippen LogP contribution >= 0.6 is 0 Å². The molecule has 1 aliphatic heterocycles. The van der Waals surface area contributed by atoms with E-state index in [2.05, 4.69) is 30.4 Å². The van der Waals surface area contributed by atoms with E-state index in [-0.39, 0.29) is 5.56 Å². The van der Waals surface area contributed by atoms with Gasteiger partial charge in [0.1, 0.15) is 0 Å². The maximum atomic E-state index is 12.4. The van der Waals surface area contributed by atoms with Crippen molar-refractivity contribution in [2.24, 2.45) is 0 Å². The van der Waals surface area contributed by atoms with Crippen LogP contribution in [0.3, 0.4) is 0 Å². The third kappa shape index (κ3) is 3.62. The van der Waals surface area contributed by atoms with Crippen LogP contribution in [0.15, 0.2) is 35.3 Å². The van der Waals surface area contributed by atoms with Gasteiger partial charge in [0.05, 0.1) is 0 Å². The fourth-order valence-electron chi connectivity index (χ4n) is 3.55.